The molecule has 0 aliphatic heterocycles. The Hall–Kier alpha value is -2.81. The fraction of sp³-hybridized carbons (Fsp3) is 0.261. The van der Waals surface area contributed by atoms with Gasteiger partial charge >= 0.3 is 0 Å². The highest BCUT2D eigenvalue weighted by molar-refractivity contribution is 5.85. The summed E-state index contributed by atoms with van der Waals surface area (Å²) in [5.74, 6) is 1.05. The zero-order chi connectivity index (χ0) is 17.9. The average molecular weight is 345 g/mol. The van der Waals surface area contributed by atoms with E-state index in [0.29, 0.717) is 19.0 Å². The number of carbonyl (C=O) groups excluding carboxylic acids is 1. The molecule has 0 radical (unpaired) electrons. The van der Waals surface area contributed by atoms with Crippen LogP contribution in [0.4, 0.5) is 0 Å². The van der Waals surface area contributed by atoms with E-state index in [-0.39, 0.29) is 5.91 Å². The van der Waals surface area contributed by atoms with E-state index in [1.54, 1.807) is 7.11 Å². The Morgan fingerprint density at radius 2 is 1.65 bits per heavy atom. The van der Waals surface area contributed by atoms with E-state index in [2.05, 4.69) is 30.3 Å². The molecule has 3 aromatic rings. The van der Waals surface area contributed by atoms with Crippen molar-refractivity contribution >= 4 is 16.7 Å². The molecule has 0 N–H and O–H groups in total. The Morgan fingerprint density at radius 1 is 0.962 bits per heavy atom. The molecule has 0 atom stereocenters. The van der Waals surface area contributed by atoms with E-state index in [9.17, 15) is 4.79 Å². The van der Waals surface area contributed by atoms with Crippen LogP contribution in [0.15, 0.2) is 66.7 Å². The summed E-state index contributed by atoms with van der Waals surface area (Å²) >= 11 is 0. The predicted molar refractivity (Wildman–Crippen MR) is 104 cm³/mol. The molecule has 132 valence electrons. The topological polar surface area (TPSA) is 29.5 Å². The number of carbonyl (C=O) groups is 1. The summed E-state index contributed by atoms with van der Waals surface area (Å²) in [5.41, 5.74) is 2.22. The van der Waals surface area contributed by atoms with Crippen molar-refractivity contribution in [3.8, 4) is 5.75 Å². The van der Waals surface area contributed by atoms with Crippen LogP contribution in [0.1, 0.15) is 24.0 Å². The van der Waals surface area contributed by atoms with Crippen LogP contribution in [-0.2, 0) is 17.8 Å². The maximum Gasteiger partial charge on any atom is 0.227 e. The average Bonchev–Trinajstić information content (AvgIpc) is 3.51. The van der Waals surface area contributed by atoms with Gasteiger partial charge < -0.3 is 9.64 Å². The van der Waals surface area contributed by atoms with Gasteiger partial charge in [-0.25, -0.2) is 0 Å². The minimum atomic E-state index is 0.207. The molecule has 1 aliphatic rings. The van der Waals surface area contributed by atoms with Gasteiger partial charge in [0.2, 0.25) is 5.91 Å². The second-order valence-electron chi connectivity index (χ2n) is 6.96. The minimum absolute atomic E-state index is 0.207. The van der Waals surface area contributed by atoms with Crippen molar-refractivity contribution in [3.05, 3.63) is 77.9 Å². The van der Waals surface area contributed by atoms with Crippen LogP contribution in [0.2, 0.25) is 0 Å². The molecule has 1 saturated carbocycles. The molecule has 0 unspecified atom stereocenters. The van der Waals surface area contributed by atoms with Crippen molar-refractivity contribution in [1.29, 1.82) is 0 Å². The third-order valence-corrected chi connectivity index (χ3v) is 4.99. The molecule has 0 bridgehead atoms. The molecule has 3 nitrogen and oxygen atoms in total. The fourth-order valence-corrected chi connectivity index (χ4v) is 3.36. The standard InChI is InChI=1S/C23H23NO2/c1-26-22-12-7-17(8-13-22)16-24(21-10-11-21)23(25)15-18-6-9-19-4-2-3-5-20(19)14-18/h2-9,12-14,21H,10-11,15-16H2,1H3. The smallest absolute Gasteiger partial charge is 0.227 e. The van der Waals surface area contributed by atoms with Gasteiger partial charge in [0.05, 0.1) is 13.5 Å². The zero-order valence-electron chi connectivity index (χ0n) is 15.0. The highest BCUT2D eigenvalue weighted by Gasteiger charge is 2.32. The molecule has 1 aliphatic carbocycles. The number of methoxy groups -OCH3 is 1. The quantitative estimate of drug-likeness (QED) is 0.654. The van der Waals surface area contributed by atoms with Crippen LogP contribution in [0.25, 0.3) is 10.8 Å². The van der Waals surface area contributed by atoms with Gasteiger partial charge in [0, 0.05) is 12.6 Å². The number of hydrogen-bond acceptors (Lipinski definition) is 2. The van der Waals surface area contributed by atoms with E-state index in [0.717, 1.165) is 29.7 Å². The van der Waals surface area contributed by atoms with Crippen molar-refractivity contribution in [2.75, 3.05) is 7.11 Å². The van der Waals surface area contributed by atoms with E-state index < -0.39 is 0 Å². The molecule has 0 spiro atoms. The third kappa shape index (κ3) is 3.72. The SMILES string of the molecule is COc1ccc(CN(C(=O)Cc2ccc3ccccc3c2)C2CC2)cc1. The lowest BCUT2D eigenvalue weighted by Crippen LogP contribution is -2.33. The highest BCUT2D eigenvalue weighted by atomic mass is 16.5. The van der Waals surface area contributed by atoms with Gasteiger partial charge in [0.15, 0.2) is 0 Å². The first-order valence-electron chi connectivity index (χ1n) is 9.13. The second kappa shape index (κ2) is 7.20. The van der Waals surface area contributed by atoms with Gasteiger partial charge in [0.25, 0.3) is 0 Å². The minimum Gasteiger partial charge on any atom is -0.497 e. The van der Waals surface area contributed by atoms with Gasteiger partial charge in [-0.2, -0.15) is 0 Å². The number of benzene rings is 3. The van der Waals surface area contributed by atoms with Gasteiger partial charge in [-0.05, 0) is 46.9 Å². The van der Waals surface area contributed by atoms with Gasteiger partial charge in [-0.3, -0.25) is 4.79 Å². The maximum atomic E-state index is 13.0. The molecule has 4 rings (SSSR count). The monoisotopic (exact) mass is 345 g/mol. The van der Waals surface area contributed by atoms with E-state index in [4.69, 9.17) is 4.74 Å². The molecule has 3 aromatic carbocycles. The van der Waals surface area contributed by atoms with Crippen molar-refractivity contribution in [3.63, 3.8) is 0 Å². The Labute approximate surface area is 154 Å². The zero-order valence-corrected chi connectivity index (χ0v) is 15.0. The number of rotatable bonds is 6. The van der Waals surface area contributed by atoms with Crippen molar-refractivity contribution in [2.24, 2.45) is 0 Å². The first-order chi connectivity index (χ1) is 12.7. The van der Waals surface area contributed by atoms with Crippen molar-refractivity contribution < 1.29 is 9.53 Å². The van der Waals surface area contributed by atoms with Gasteiger partial charge in [0.1, 0.15) is 5.75 Å². The first kappa shape index (κ1) is 16.6. The summed E-state index contributed by atoms with van der Waals surface area (Å²) in [6.45, 7) is 0.668. The largest absolute Gasteiger partial charge is 0.497 e. The molecule has 0 heterocycles. The normalized spacial score (nSPS) is 13.6. The number of amides is 1. The molecule has 26 heavy (non-hydrogen) atoms. The Balaban J connectivity index is 1.49. The van der Waals surface area contributed by atoms with Gasteiger partial charge in [-0.15, -0.1) is 0 Å². The lowest BCUT2D eigenvalue weighted by molar-refractivity contribution is -0.131. The van der Waals surface area contributed by atoms with E-state index >= 15 is 0 Å². The molecule has 0 saturated heterocycles. The molecule has 1 amide bonds. The maximum absolute atomic E-state index is 13.0. The molecular formula is C23H23NO2. The Morgan fingerprint density at radius 3 is 2.35 bits per heavy atom. The summed E-state index contributed by atoms with van der Waals surface area (Å²) in [5, 5.41) is 2.40. The number of fused-ring (bicyclic) bond motifs is 1. The van der Waals surface area contributed by atoms with Crippen LogP contribution in [0.3, 0.4) is 0 Å². The summed E-state index contributed by atoms with van der Waals surface area (Å²) in [6, 6.07) is 22.9. The second-order valence-corrected chi connectivity index (χ2v) is 6.96. The van der Waals surface area contributed by atoms with Gasteiger partial charge in [-0.1, -0.05) is 54.6 Å². The lowest BCUT2D eigenvalue weighted by Gasteiger charge is -2.23. The summed E-state index contributed by atoms with van der Waals surface area (Å²) in [7, 11) is 1.67. The van der Waals surface area contributed by atoms with Crippen LogP contribution in [-0.4, -0.2) is 24.0 Å². The number of ether oxygens (including phenoxy) is 1. The Bertz CT molecular complexity index is 913. The fourth-order valence-electron chi connectivity index (χ4n) is 3.36. The van der Waals surface area contributed by atoms with Crippen LogP contribution in [0.5, 0.6) is 5.75 Å². The third-order valence-electron chi connectivity index (χ3n) is 4.99. The Kier molecular flexibility index (Phi) is 4.61. The first-order valence-corrected chi connectivity index (χ1v) is 9.13. The molecule has 1 fully saturated rings. The number of hydrogen-bond donors (Lipinski definition) is 0. The number of nitrogens with zero attached hydrogens (tertiary/aromatic N) is 1. The predicted octanol–water partition coefficient (Wildman–Crippen LogP) is 4.58. The molecular weight excluding hydrogens is 322 g/mol. The van der Waals surface area contributed by atoms with E-state index in [1.165, 1.54) is 10.8 Å². The summed E-state index contributed by atoms with van der Waals surface area (Å²) in [6.07, 6.45) is 2.68. The van der Waals surface area contributed by atoms with Crippen LogP contribution < -0.4 is 4.74 Å². The van der Waals surface area contributed by atoms with Crippen LogP contribution in [0, 0.1) is 0 Å². The van der Waals surface area contributed by atoms with Crippen LogP contribution >= 0.6 is 0 Å². The molecule has 3 heteroatoms. The molecule has 0 aromatic heterocycles. The highest BCUT2D eigenvalue weighted by Crippen LogP contribution is 2.29. The van der Waals surface area contributed by atoms with Crippen molar-refractivity contribution in [2.45, 2.75) is 31.8 Å². The lowest BCUT2D eigenvalue weighted by atomic mass is 10.0. The summed E-state index contributed by atoms with van der Waals surface area (Å²) < 4.78 is 5.22. The van der Waals surface area contributed by atoms with Crippen molar-refractivity contribution in [1.82, 2.24) is 4.90 Å². The summed E-state index contributed by atoms with van der Waals surface area (Å²) in [4.78, 5) is 15.0. The van der Waals surface area contributed by atoms with E-state index in [1.807, 2.05) is 41.3 Å².